The first-order chi connectivity index (χ1) is 15.5. The maximum absolute atomic E-state index is 12.7. The number of methoxy groups -OCH3 is 1. The molecule has 1 aliphatic heterocycles. The zero-order valence-corrected chi connectivity index (χ0v) is 21.2. The molecule has 1 aromatic rings. The summed E-state index contributed by atoms with van der Waals surface area (Å²) < 4.78 is 4.53. The Balaban J connectivity index is 2.01. The van der Waals surface area contributed by atoms with Crippen molar-refractivity contribution in [3.05, 3.63) is 35.9 Å². The van der Waals surface area contributed by atoms with Crippen molar-refractivity contribution in [2.75, 3.05) is 20.2 Å². The number of nitrogens with zero attached hydrogens (tertiary/aromatic N) is 1. The van der Waals surface area contributed by atoms with Gasteiger partial charge in [0.15, 0.2) is 0 Å². The second-order valence-electron chi connectivity index (χ2n) is 8.98. The Morgan fingerprint density at radius 3 is 2.42 bits per heavy atom. The molecule has 9 nitrogen and oxygen atoms in total. The fourth-order valence-electron chi connectivity index (χ4n) is 3.11. The molecular formula is C22H31N3O6SSi. The molecule has 33 heavy (non-hydrogen) atoms. The molecule has 0 radical (unpaired) electrons. The third kappa shape index (κ3) is 8.65. The number of esters is 1. The number of hydrogen-bond donors (Lipinski definition) is 2. The first kappa shape index (κ1) is 26.6. The Morgan fingerprint density at radius 2 is 1.82 bits per heavy atom. The Morgan fingerprint density at radius 1 is 1.15 bits per heavy atom. The first-order valence-electron chi connectivity index (χ1n) is 10.7. The summed E-state index contributed by atoms with van der Waals surface area (Å²) in [5.41, 5.74) is 0.815. The number of amides is 4. The van der Waals surface area contributed by atoms with E-state index in [0.717, 1.165) is 23.4 Å². The molecule has 0 bridgehead atoms. The van der Waals surface area contributed by atoms with Gasteiger partial charge in [0.1, 0.15) is 17.8 Å². The lowest BCUT2D eigenvalue weighted by Crippen LogP contribution is -2.49. The smallest absolute Gasteiger partial charge is 0.325 e. The van der Waals surface area contributed by atoms with Gasteiger partial charge in [0.05, 0.1) is 7.11 Å². The predicted molar refractivity (Wildman–Crippen MR) is 128 cm³/mol. The van der Waals surface area contributed by atoms with Crippen molar-refractivity contribution in [2.45, 2.75) is 49.8 Å². The van der Waals surface area contributed by atoms with Crippen LogP contribution in [0.5, 0.6) is 0 Å². The molecule has 2 rings (SSSR count). The topological polar surface area (TPSA) is 122 Å². The molecule has 11 heteroatoms. The van der Waals surface area contributed by atoms with Crippen LogP contribution in [0, 0.1) is 0 Å². The second kappa shape index (κ2) is 12.0. The molecule has 1 heterocycles. The molecular weight excluding hydrogens is 462 g/mol. The minimum absolute atomic E-state index is 0.201. The van der Waals surface area contributed by atoms with Crippen LogP contribution in [0.4, 0.5) is 4.79 Å². The van der Waals surface area contributed by atoms with E-state index in [0.29, 0.717) is 6.54 Å². The molecule has 1 fully saturated rings. The summed E-state index contributed by atoms with van der Waals surface area (Å²) in [6.07, 6.45) is -0.0130. The van der Waals surface area contributed by atoms with Crippen molar-refractivity contribution in [3.63, 3.8) is 0 Å². The fourth-order valence-corrected chi connectivity index (χ4v) is 5.02. The maximum atomic E-state index is 12.7. The zero-order valence-electron chi connectivity index (χ0n) is 19.4. The Kier molecular flexibility index (Phi) is 9.66. The van der Waals surface area contributed by atoms with Crippen LogP contribution in [-0.2, 0) is 30.3 Å². The van der Waals surface area contributed by atoms with E-state index in [9.17, 15) is 24.0 Å². The molecule has 4 amide bonds. The van der Waals surface area contributed by atoms with Gasteiger partial charge in [-0.1, -0.05) is 61.7 Å². The van der Waals surface area contributed by atoms with Crippen molar-refractivity contribution in [2.24, 2.45) is 0 Å². The second-order valence-corrected chi connectivity index (χ2v) is 15.8. The quantitative estimate of drug-likeness (QED) is 0.356. The SMILES string of the molecule is COC(=O)CNC(=O)[C@H](Cc1ccccc1)NC(=O)CC1SC(=O)N(CC[Si](C)(C)C)C1=O. The number of thioether (sulfide) groups is 1. The van der Waals surface area contributed by atoms with Crippen LogP contribution in [0.25, 0.3) is 0 Å². The van der Waals surface area contributed by atoms with Crippen LogP contribution in [0.1, 0.15) is 12.0 Å². The van der Waals surface area contributed by atoms with Crippen molar-refractivity contribution in [3.8, 4) is 0 Å². The van der Waals surface area contributed by atoms with E-state index in [2.05, 4.69) is 35.0 Å². The summed E-state index contributed by atoms with van der Waals surface area (Å²) in [4.78, 5) is 62.9. The number of rotatable bonds is 11. The molecule has 0 aliphatic carbocycles. The number of ether oxygens (including phenoxy) is 1. The van der Waals surface area contributed by atoms with Gasteiger partial charge in [-0.25, -0.2) is 0 Å². The van der Waals surface area contributed by atoms with Crippen LogP contribution in [0.2, 0.25) is 25.7 Å². The van der Waals surface area contributed by atoms with Gasteiger partial charge in [0.25, 0.3) is 5.24 Å². The summed E-state index contributed by atoms with van der Waals surface area (Å²) in [6, 6.07) is 8.94. The Labute approximate surface area is 199 Å². The van der Waals surface area contributed by atoms with Gasteiger partial charge < -0.3 is 15.4 Å². The van der Waals surface area contributed by atoms with Crippen LogP contribution in [0.3, 0.4) is 0 Å². The highest BCUT2D eigenvalue weighted by Gasteiger charge is 2.41. The van der Waals surface area contributed by atoms with E-state index >= 15 is 0 Å². The lowest BCUT2D eigenvalue weighted by atomic mass is 10.0. The summed E-state index contributed by atoms with van der Waals surface area (Å²) in [7, 11) is -0.230. The average molecular weight is 494 g/mol. The monoisotopic (exact) mass is 493 g/mol. The number of benzene rings is 1. The minimum atomic E-state index is -1.44. The number of carbonyl (C=O) groups is 5. The molecule has 2 atom stereocenters. The lowest BCUT2D eigenvalue weighted by molar-refractivity contribution is -0.141. The van der Waals surface area contributed by atoms with E-state index in [-0.39, 0.29) is 30.5 Å². The summed E-state index contributed by atoms with van der Waals surface area (Å²) in [5, 5.41) is 3.95. The molecule has 2 N–H and O–H groups in total. The number of imide groups is 1. The maximum Gasteiger partial charge on any atom is 0.325 e. The van der Waals surface area contributed by atoms with E-state index in [4.69, 9.17) is 0 Å². The van der Waals surface area contributed by atoms with E-state index in [1.54, 1.807) is 0 Å². The Bertz CT molecular complexity index is 890. The van der Waals surface area contributed by atoms with Gasteiger partial charge in [-0.15, -0.1) is 0 Å². The molecule has 1 aromatic carbocycles. The average Bonchev–Trinajstić information content (AvgIpc) is 3.02. The lowest BCUT2D eigenvalue weighted by Gasteiger charge is -2.21. The first-order valence-corrected chi connectivity index (χ1v) is 15.3. The number of nitrogens with one attached hydrogen (secondary N) is 2. The largest absolute Gasteiger partial charge is 0.468 e. The summed E-state index contributed by atoms with van der Waals surface area (Å²) >= 11 is 0.848. The molecule has 1 aliphatic rings. The van der Waals surface area contributed by atoms with Gasteiger partial charge in [0, 0.05) is 27.5 Å². The van der Waals surface area contributed by atoms with Crippen LogP contribution in [0.15, 0.2) is 30.3 Å². The third-order valence-electron chi connectivity index (χ3n) is 5.03. The highest BCUT2D eigenvalue weighted by molar-refractivity contribution is 8.15. The highest BCUT2D eigenvalue weighted by atomic mass is 32.2. The molecule has 180 valence electrons. The van der Waals surface area contributed by atoms with Gasteiger partial charge in [-0.05, 0) is 11.6 Å². The minimum Gasteiger partial charge on any atom is -0.468 e. The van der Waals surface area contributed by atoms with Crippen molar-refractivity contribution >= 4 is 48.8 Å². The predicted octanol–water partition coefficient (Wildman–Crippen LogP) is 1.80. The number of hydrogen-bond acceptors (Lipinski definition) is 7. The van der Waals surface area contributed by atoms with Crippen molar-refractivity contribution in [1.82, 2.24) is 15.5 Å². The molecule has 0 aromatic heterocycles. The number of carbonyl (C=O) groups excluding carboxylic acids is 5. The van der Waals surface area contributed by atoms with E-state index in [1.807, 2.05) is 30.3 Å². The molecule has 1 unspecified atom stereocenters. The van der Waals surface area contributed by atoms with E-state index in [1.165, 1.54) is 12.0 Å². The zero-order chi connectivity index (χ0) is 24.6. The normalized spacial score (nSPS) is 17.0. The van der Waals surface area contributed by atoms with Crippen molar-refractivity contribution in [1.29, 1.82) is 0 Å². The molecule has 0 saturated carbocycles. The van der Waals surface area contributed by atoms with Crippen LogP contribution >= 0.6 is 11.8 Å². The van der Waals surface area contributed by atoms with Gasteiger partial charge in [0.2, 0.25) is 17.7 Å². The molecule has 1 saturated heterocycles. The van der Waals surface area contributed by atoms with Crippen LogP contribution in [-0.4, -0.2) is 73.4 Å². The Hall–Kier alpha value is -2.66. The highest BCUT2D eigenvalue weighted by Crippen LogP contribution is 2.30. The van der Waals surface area contributed by atoms with Gasteiger partial charge in [-0.2, -0.15) is 0 Å². The summed E-state index contributed by atoms with van der Waals surface area (Å²) in [5.74, 6) is -2.04. The standard InChI is InChI=1S/C22H31N3O6SSi/c1-31-19(27)14-23-20(28)16(12-15-8-6-5-7-9-15)24-18(26)13-17-21(29)25(22(30)32-17)10-11-33(2,3)4/h5-9,16-17H,10-14H2,1-4H3,(H,23,28)(H,24,26)/t16-,17?/m0/s1. The summed E-state index contributed by atoms with van der Waals surface area (Å²) in [6.45, 7) is 6.52. The third-order valence-corrected chi connectivity index (χ3v) is 7.83. The van der Waals surface area contributed by atoms with Gasteiger partial charge in [-0.3, -0.25) is 28.9 Å². The van der Waals surface area contributed by atoms with Gasteiger partial charge >= 0.3 is 5.97 Å². The van der Waals surface area contributed by atoms with Crippen molar-refractivity contribution < 1.29 is 28.7 Å². The van der Waals surface area contributed by atoms with Crippen LogP contribution < -0.4 is 10.6 Å². The fraction of sp³-hybridized carbons (Fsp3) is 0.500. The molecule has 0 spiro atoms. The van der Waals surface area contributed by atoms with E-state index < -0.39 is 37.1 Å².